The number of amides is 2. The number of methoxy groups -OCH3 is 1. The summed E-state index contributed by atoms with van der Waals surface area (Å²) >= 11 is 0. The fourth-order valence-corrected chi connectivity index (χ4v) is 3.96. The number of likely N-dealkylation sites (tertiary alicyclic amines) is 2. The maximum absolute atomic E-state index is 12.4. The van der Waals surface area contributed by atoms with E-state index in [4.69, 9.17) is 9.47 Å². The molecule has 2 amide bonds. The number of esters is 1. The molecule has 1 aliphatic carbocycles. The number of urea groups is 1. The average molecular weight is 324 g/mol. The van der Waals surface area contributed by atoms with Gasteiger partial charge in [0.05, 0.1) is 12.0 Å². The van der Waals surface area contributed by atoms with E-state index in [2.05, 4.69) is 0 Å². The van der Waals surface area contributed by atoms with E-state index >= 15 is 0 Å². The van der Waals surface area contributed by atoms with Crippen LogP contribution in [-0.4, -0.2) is 67.3 Å². The molecule has 130 valence electrons. The van der Waals surface area contributed by atoms with Gasteiger partial charge in [-0.1, -0.05) is 0 Å². The van der Waals surface area contributed by atoms with Gasteiger partial charge >= 0.3 is 12.0 Å². The third-order valence-electron chi connectivity index (χ3n) is 5.44. The van der Waals surface area contributed by atoms with Crippen LogP contribution in [0.5, 0.6) is 0 Å². The molecule has 0 unspecified atom stereocenters. The van der Waals surface area contributed by atoms with Crippen LogP contribution in [0.3, 0.4) is 0 Å². The van der Waals surface area contributed by atoms with Crippen LogP contribution in [0.4, 0.5) is 4.79 Å². The Morgan fingerprint density at radius 3 is 2.09 bits per heavy atom. The quantitative estimate of drug-likeness (QED) is 0.745. The summed E-state index contributed by atoms with van der Waals surface area (Å²) in [5, 5.41) is 0. The van der Waals surface area contributed by atoms with Crippen molar-refractivity contribution in [2.24, 2.45) is 5.92 Å². The lowest BCUT2D eigenvalue weighted by atomic mass is 9.97. The molecule has 2 heterocycles. The van der Waals surface area contributed by atoms with Crippen molar-refractivity contribution >= 4 is 12.0 Å². The maximum atomic E-state index is 12.4. The van der Waals surface area contributed by atoms with Crippen molar-refractivity contribution < 1.29 is 19.1 Å². The summed E-state index contributed by atoms with van der Waals surface area (Å²) < 4.78 is 11.1. The molecule has 3 fully saturated rings. The number of rotatable bonds is 3. The first-order chi connectivity index (χ1) is 11.2. The molecular weight excluding hydrogens is 296 g/mol. The van der Waals surface area contributed by atoms with E-state index in [1.54, 1.807) is 7.11 Å². The smallest absolute Gasteiger partial charge is 0.319 e. The first-order valence-electron chi connectivity index (χ1n) is 8.96. The minimum atomic E-state index is -0.104. The van der Waals surface area contributed by atoms with Crippen LogP contribution < -0.4 is 0 Å². The summed E-state index contributed by atoms with van der Waals surface area (Å²) in [6.07, 6.45) is 6.53. The van der Waals surface area contributed by atoms with E-state index in [9.17, 15) is 9.59 Å². The molecule has 0 aromatic heterocycles. The van der Waals surface area contributed by atoms with Gasteiger partial charge in [-0.05, 0) is 44.9 Å². The van der Waals surface area contributed by atoms with Crippen LogP contribution >= 0.6 is 0 Å². The van der Waals surface area contributed by atoms with Gasteiger partial charge in [-0.25, -0.2) is 4.79 Å². The third kappa shape index (κ3) is 3.79. The Kier molecular flexibility index (Phi) is 5.41. The number of ether oxygens (including phenoxy) is 2. The molecule has 23 heavy (non-hydrogen) atoms. The molecule has 6 nitrogen and oxygen atoms in total. The van der Waals surface area contributed by atoms with Gasteiger partial charge in [-0.15, -0.1) is 0 Å². The number of nitrogens with zero attached hydrogens (tertiary/aromatic N) is 2. The van der Waals surface area contributed by atoms with Gasteiger partial charge in [-0.3, -0.25) is 4.79 Å². The van der Waals surface area contributed by atoms with Gasteiger partial charge in [0.2, 0.25) is 0 Å². The number of piperidine rings is 1. The zero-order valence-electron chi connectivity index (χ0n) is 14.0. The van der Waals surface area contributed by atoms with Crippen molar-refractivity contribution in [3.05, 3.63) is 0 Å². The van der Waals surface area contributed by atoms with Crippen LogP contribution in [0.2, 0.25) is 0 Å². The summed E-state index contributed by atoms with van der Waals surface area (Å²) in [7, 11) is 1.68. The van der Waals surface area contributed by atoms with Crippen molar-refractivity contribution in [2.45, 2.75) is 57.2 Å². The highest BCUT2D eigenvalue weighted by atomic mass is 16.6. The molecule has 0 N–H and O–H groups in total. The lowest BCUT2D eigenvalue weighted by Gasteiger charge is -2.34. The van der Waals surface area contributed by atoms with Crippen LogP contribution in [-0.2, 0) is 14.3 Å². The number of carbonyl (C=O) groups excluding carboxylic acids is 2. The predicted molar refractivity (Wildman–Crippen MR) is 85.0 cm³/mol. The normalized spacial score (nSPS) is 29.1. The van der Waals surface area contributed by atoms with Gasteiger partial charge < -0.3 is 19.3 Å². The number of hydrogen-bond acceptors (Lipinski definition) is 4. The molecular formula is C17H28N2O4. The molecule has 0 radical (unpaired) electrons. The van der Waals surface area contributed by atoms with Crippen molar-refractivity contribution in [2.75, 3.05) is 33.3 Å². The zero-order chi connectivity index (χ0) is 16.2. The van der Waals surface area contributed by atoms with Crippen molar-refractivity contribution in [1.82, 2.24) is 9.80 Å². The summed E-state index contributed by atoms with van der Waals surface area (Å²) in [5.41, 5.74) is 0. The number of hydrogen-bond donors (Lipinski definition) is 0. The average Bonchev–Trinajstić information content (AvgIpc) is 3.25. The van der Waals surface area contributed by atoms with E-state index in [1.807, 2.05) is 9.80 Å². The predicted octanol–water partition coefficient (Wildman–Crippen LogP) is 2.02. The molecule has 6 heteroatoms. The summed E-state index contributed by atoms with van der Waals surface area (Å²) in [6.45, 7) is 3.07. The molecule has 1 saturated carbocycles. The third-order valence-corrected chi connectivity index (χ3v) is 5.44. The molecule has 2 saturated heterocycles. The highest BCUT2D eigenvalue weighted by Crippen LogP contribution is 2.27. The minimum absolute atomic E-state index is 0.0517. The van der Waals surface area contributed by atoms with Gasteiger partial charge in [0.25, 0.3) is 0 Å². The van der Waals surface area contributed by atoms with E-state index in [0.717, 1.165) is 45.2 Å². The van der Waals surface area contributed by atoms with E-state index in [-0.39, 0.29) is 30.1 Å². The Balaban J connectivity index is 1.44. The molecule has 3 rings (SSSR count). The molecule has 0 bridgehead atoms. The first-order valence-corrected chi connectivity index (χ1v) is 8.96. The summed E-state index contributed by atoms with van der Waals surface area (Å²) in [6, 6.07) is 0.143. The second-order valence-corrected chi connectivity index (χ2v) is 6.92. The molecule has 2 atom stereocenters. The summed E-state index contributed by atoms with van der Waals surface area (Å²) in [4.78, 5) is 28.5. The van der Waals surface area contributed by atoms with Gasteiger partial charge in [0.1, 0.15) is 6.10 Å². The molecule has 2 aliphatic heterocycles. The SMILES string of the molecule is CO[C@@H]1CCC[C@@H]1OC(=O)C1CCN(C(=O)N2CCCC2)CC1. The Labute approximate surface area is 138 Å². The van der Waals surface area contributed by atoms with Gasteiger partial charge in [0.15, 0.2) is 0 Å². The fraction of sp³-hybridized carbons (Fsp3) is 0.882. The van der Waals surface area contributed by atoms with Gasteiger partial charge in [-0.2, -0.15) is 0 Å². The van der Waals surface area contributed by atoms with E-state index < -0.39 is 0 Å². The van der Waals surface area contributed by atoms with Crippen LogP contribution in [0.15, 0.2) is 0 Å². The first kappa shape index (κ1) is 16.6. The van der Waals surface area contributed by atoms with E-state index in [1.165, 1.54) is 0 Å². The monoisotopic (exact) mass is 324 g/mol. The second kappa shape index (κ2) is 7.51. The zero-order valence-corrected chi connectivity index (χ0v) is 14.0. The second-order valence-electron chi connectivity index (χ2n) is 6.92. The van der Waals surface area contributed by atoms with Crippen LogP contribution in [0, 0.1) is 5.92 Å². The molecule has 0 aromatic rings. The van der Waals surface area contributed by atoms with Crippen LogP contribution in [0.25, 0.3) is 0 Å². The Morgan fingerprint density at radius 1 is 0.826 bits per heavy atom. The summed E-state index contributed by atoms with van der Waals surface area (Å²) in [5.74, 6) is -0.178. The number of carbonyl (C=O) groups is 2. The van der Waals surface area contributed by atoms with E-state index in [0.29, 0.717) is 25.9 Å². The lowest BCUT2D eigenvalue weighted by molar-refractivity contribution is -0.160. The Bertz CT molecular complexity index is 428. The Morgan fingerprint density at radius 2 is 1.43 bits per heavy atom. The highest BCUT2D eigenvalue weighted by molar-refractivity contribution is 5.76. The van der Waals surface area contributed by atoms with Crippen molar-refractivity contribution in [1.29, 1.82) is 0 Å². The Hall–Kier alpha value is -1.30. The van der Waals surface area contributed by atoms with Crippen LogP contribution in [0.1, 0.15) is 44.9 Å². The van der Waals surface area contributed by atoms with Gasteiger partial charge in [0, 0.05) is 33.3 Å². The standard InChI is InChI=1S/C17H28N2O4/c1-22-14-5-4-6-15(14)23-16(20)13-7-11-19(12-8-13)17(21)18-9-2-3-10-18/h13-15H,2-12H2,1H3/t14-,15+/m1/s1. The van der Waals surface area contributed by atoms with Crippen molar-refractivity contribution in [3.8, 4) is 0 Å². The minimum Gasteiger partial charge on any atom is -0.459 e. The largest absolute Gasteiger partial charge is 0.459 e. The lowest BCUT2D eigenvalue weighted by Crippen LogP contribution is -2.47. The highest BCUT2D eigenvalue weighted by Gasteiger charge is 2.35. The maximum Gasteiger partial charge on any atom is 0.319 e. The molecule has 0 aromatic carbocycles. The van der Waals surface area contributed by atoms with Crippen molar-refractivity contribution in [3.63, 3.8) is 0 Å². The molecule has 3 aliphatic rings. The fourth-order valence-electron chi connectivity index (χ4n) is 3.96. The topological polar surface area (TPSA) is 59.1 Å². The molecule has 0 spiro atoms.